The Labute approximate surface area is 190 Å². The second kappa shape index (κ2) is 13.8. The maximum Gasteiger partial charge on any atom is 0.321 e. The van der Waals surface area contributed by atoms with Gasteiger partial charge in [-0.05, 0) is 55.3 Å². The number of hydrogen-bond acceptors (Lipinski definition) is 4. The van der Waals surface area contributed by atoms with E-state index >= 15 is 0 Å². The van der Waals surface area contributed by atoms with Gasteiger partial charge in [-0.1, -0.05) is 57.4 Å². The van der Waals surface area contributed by atoms with Crippen molar-refractivity contribution in [2.75, 3.05) is 18.0 Å². The molecule has 0 bridgehead atoms. The summed E-state index contributed by atoms with van der Waals surface area (Å²) in [5.74, 6) is 0.206. The van der Waals surface area contributed by atoms with Gasteiger partial charge >= 0.3 is 12.0 Å². The average molecular weight is 443 g/mol. The lowest BCUT2D eigenvalue weighted by molar-refractivity contribution is -0.131. The Kier molecular flexibility index (Phi) is 11.0. The summed E-state index contributed by atoms with van der Waals surface area (Å²) in [6.45, 7) is 7.13. The summed E-state index contributed by atoms with van der Waals surface area (Å²) in [6, 6.07) is 15.4. The maximum absolute atomic E-state index is 12.8. The number of carbonyl (C=O) groups is 2. The molecule has 0 aromatic heterocycles. The highest BCUT2D eigenvalue weighted by atomic mass is 32.2. The Morgan fingerprint density at radius 3 is 2.35 bits per heavy atom. The summed E-state index contributed by atoms with van der Waals surface area (Å²) in [6.07, 6.45) is 6.56. The molecule has 6 heteroatoms. The van der Waals surface area contributed by atoms with Gasteiger partial charge in [0.2, 0.25) is 0 Å². The molecule has 168 valence electrons. The number of hydrogen-bond donors (Lipinski definition) is 1. The number of urea groups is 1. The molecule has 31 heavy (non-hydrogen) atoms. The monoisotopic (exact) mass is 442 g/mol. The van der Waals surface area contributed by atoms with Gasteiger partial charge in [0.25, 0.3) is 0 Å². The van der Waals surface area contributed by atoms with Crippen molar-refractivity contribution in [2.45, 2.75) is 69.1 Å². The van der Waals surface area contributed by atoms with E-state index in [1.165, 1.54) is 19.8 Å². The number of unbranched alkanes of at least 4 members (excludes halogenated alkanes) is 4. The third-order valence-electron chi connectivity index (χ3n) is 4.74. The van der Waals surface area contributed by atoms with Crippen molar-refractivity contribution < 1.29 is 14.3 Å². The Morgan fingerprint density at radius 2 is 1.68 bits per heavy atom. The second-order valence-electron chi connectivity index (χ2n) is 7.46. The van der Waals surface area contributed by atoms with E-state index in [1.54, 1.807) is 17.8 Å². The molecular weight excluding hydrogens is 408 g/mol. The largest absolute Gasteiger partial charge is 0.427 e. The van der Waals surface area contributed by atoms with E-state index in [4.69, 9.17) is 4.74 Å². The SMILES string of the molecule is CCCCCCNC(=O)N(CCCC)c1ccc(Sc2cccc(OC(C)=O)c2)cc1. The molecule has 0 aliphatic carbocycles. The third kappa shape index (κ3) is 9.05. The van der Waals surface area contributed by atoms with Crippen LogP contribution in [0.4, 0.5) is 10.5 Å². The minimum Gasteiger partial charge on any atom is -0.427 e. The fraction of sp³-hybridized carbons (Fsp3) is 0.440. The molecule has 0 spiro atoms. The summed E-state index contributed by atoms with van der Waals surface area (Å²) in [7, 11) is 0. The summed E-state index contributed by atoms with van der Waals surface area (Å²) < 4.78 is 5.16. The predicted molar refractivity (Wildman–Crippen MR) is 128 cm³/mol. The first-order chi connectivity index (χ1) is 15.0. The molecule has 0 atom stereocenters. The van der Waals surface area contributed by atoms with Gasteiger partial charge in [0.1, 0.15) is 5.75 Å². The van der Waals surface area contributed by atoms with Gasteiger partial charge < -0.3 is 10.1 Å². The number of carbonyl (C=O) groups excluding carboxylic acids is 2. The van der Waals surface area contributed by atoms with Gasteiger partial charge in [-0.2, -0.15) is 0 Å². The fourth-order valence-corrected chi connectivity index (χ4v) is 3.97. The van der Waals surface area contributed by atoms with Gasteiger partial charge in [0.15, 0.2) is 0 Å². The quantitative estimate of drug-likeness (QED) is 0.227. The highest BCUT2D eigenvalue weighted by Crippen LogP contribution is 2.31. The molecular formula is C25H34N2O3S. The van der Waals surface area contributed by atoms with Crippen LogP contribution in [-0.2, 0) is 4.79 Å². The number of nitrogens with zero attached hydrogens (tertiary/aromatic N) is 1. The lowest BCUT2D eigenvalue weighted by Gasteiger charge is -2.23. The topological polar surface area (TPSA) is 58.6 Å². The molecule has 2 rings (SSSR count). The van der Waals surface area contributed by atoms with Crippen LogP contribution in [0.5, 0.6) is 5.75 Å². The maximum atomic E-state index is 12.8. The van der Waals surface area contributed by atoms with Crippen LogP contribution < -0.4 is 15.0 Å². The summed E-state index contributed by atoms with van der Waals surface area (Å²) in [4.78, 5) is 27.8. The molecule has 0 saturated heterocycles. The zero-order valence-corrected chi connectivity index (χ0v) is 19.7. The summed E-state index contributed by atoms with van der Waals surface area (Å²) in [5, 5.41) is 3.07. The first-order valence-corrected chi connectivity index (χ1v) is 12.0. The van der Waals surface area contributed by atoms with Crippen LogP contribution in [0.15, 0.2) is 58.3 Å². The molecule has 0 fully saturated rings. The molecule has 2 amide bonds. The van der Waals surface area contributed by atoms with Crippen LogP contribution in [0.25, 0.3) is 0 Å². The highest BCUT2D eigenvalue weighted by Gasteiger charge is 2.15. The van der Waals surface area contributed by atoms with Crippen LogP contribution in [-0.4, -0.2) is 25.1 Å². The van der Waals surface area contributed by atoms with E-state index in [1.807, 2.05) is 47.4 Å². The van der Waals surface area contributed by atoms with Gasteiger partial charge in [-0.15, -0.1) is 0 Å². The molecule has 0 radical (unpaired) electrons. The number of ether oxygens (including phenoxy) is 1. The Morgan fingerprint density at radius 1 is 0.935 bits per heavy atom. The Bertz CT molecular complexity index is 824. The lowest BCUT2D eigenvalue weighted by Crippen LogP contribution is -2.41. The number of rotatable bonds is 12. The van der Waals surface area contributed by atoms with E-state index in [0.717, 1.165) is 41.2 Å². The molecule has 0 unspecified atom stereocenters. The highest BCUT2D eigenvalue weighted by molar-refractivity contribution is 7.99. The number of anilines is 1. The minimum absolute atomic E-state index is 0.0283. The minimum atomic E-state index is -0.331. The van der Waals surface area contributed by atoms with E-state index < -0.39 is 0 Å². The Balaban J connectivity index is 2.01. The molecule has 0 aliphatic rings. The first-order valence-electron chi connectivity index (χ1n) is 11.1. The Hall–Kier alpha value is -2.47. The van der Waals surface area contributed by atoms with Gasteiger partial charge in [0.05, 0.1) is 0 Å². The molecule has 0 heterocycles. The van der Waals surface area contributed by atoms with Crippen LogP contribution in [0.3, 0.4) is 0 Å². The van der Waals surface area contributed by atoms with Crippen LogP contribution >= 0.6 is 11.8 Å². The molecule has 2 aromatic rings. The molecule has 1 N–H and O–H groups in total. The van der Waals surface area contributed by atoms with Crippen molar-refractivity contribution in [1.82, 2.24) is 5.32 Å². The zero-order chi connectivity index (χ0) is 22.5. The number of benzene rings is 2. The van der Waals surface area contributed by atoms with Gasteiger partial charge in [0, 0.05) is 35.5 Å². The lowest BCUT2D eigenvalue weighted by atomic mass is 10.2. The van der Waals surface area contributed by atoms with Crippen molar-refractivity contribution in [3.8, 4) is 5.75 Å². The number of amides is 2. The summed E-state index contributed by atoms with van der Waals surface area (Å²) >= 11 is 1.59. The normalized spacial score (nSPS) is 10.5. The number of esters is 1. The first kappa shape index (κ1) is 24.8. The third-order valence-corrected chi connectivity index (χ3v) is 5.74. The van der Waals surface area contributed by atoms with Crippen LogP contribution in [0, 0.1) is 0 Å². The molecule has 2 aromatic carbocycles. The molecule has 5 nitrogen and oxygen atoms in total. The van der Waals surface area contributed by atoms with E-state index in [2.05, 4.69) is 19.2 Å². The smallest absolute Gasteiger partial charge is 0.321 e. The molecule has 0 aliphatic heterocycles. The van der Waals surface area contributed by atoms with Gasteiger partial charge in [-0.3, -0.25) is 9.69 Å². The van der Waals surface area contributed by atoms with Gasteiger partial charge in [-0.25, -0.2) is 4.79 Å². The fourth-order valence-electron chi connectivity index (χ4n) is 3.10. The van der Waals surface area contributed by atoms with Crippen molar-refractivity contribution in [2.24, 2.45) is 0 Å². The molecule has 0 saturated carbocycles. The van der Waals surface area contributed by atoms with Crippen molar-refractivity contribution in [3.05, 3.63) is 48.5 Å². The average Bonchev–Trinajstić information content (AvgIpc) is 2.75. The van der Waals surface area contributed by atoms with Crippen molar-refractivity contribution in [1.29, 1.82) is 0 Å². The van der Waals surface area contributed by atoms with E-state index in [0.29, 0.717) is 18.8 Å². The van der Waals surface area contributed by atoms with E-state index in [9.17, 15) is 9.59 Å². The number of nitrogens with one attached hydrogen (secondary N) is 1. The van der Waals surface area contributed by atoms with Crippen molar-refractivity contribution >= 4 is 29.4 Å². The van der Waals surface area contributed by atoms with Crippen LogP contribution in [0.2, 0.25) is 0 Å². The van der Waals surface area contributed by atoms with E-state index in [-0.39, 0.29) is 12.0 Å². The standard InChI is InChI=1S/C25H34N2O3S/c1-4-6-8-9-17-26-25(29)27(18-7-5-2)21-13-15-23(16-14-21)31-24-12-10-11-22(19-24)30-20(3)28/h10-16,19H,4-9,17-18H2,1-3H3,(H,26,29). The summed E-state index contributed by atoms with van der Waals surface area (Å²) in [5.41, 5.74) is 0.900. The second-order valence-corrected chi connectivity index (χ2v) is 8.61. The van der Waals surface area contributed by atoms with Crippen molar-refractivity contribution in [3.63, 3.8) is 0 Å². The van der Waals surface area contributed by atoms with Crippen LogP contribution in [0.1, 0.15) is 59.3 Å². The zero-order valence-electron chi connectivity index (χ0n) is 18.9. The predicted octanol–water partition coefficient (Wildman–Crippen LogP) is 6.66.